The van der Waals surface area contributed by atoms with Crippen LogP contribution in [0.5, 0.6) is 0 Å². The molecule has 1 heterocycles. The SMILES string of the molecule is CCc1ccnc(C#N)c1N. The summed E-state index contributed by atoms with van der Waals surface area (Å²) in [6.45, 7) is 1.99. The fraction of sp³-hybridized carbons (Fsp3) is 0.250. The van der Waals surface area contributed by atoms with Gasteiger partial charge < -0.3 is 5.73 Å². The lowest BCUT2D eigenvalue weighted by Crippen LogP contribution is -1.98. The van der Waals surface area contributed by atoms with E-state index in [1.165, 1.54) is 0 Å². The van der Waals surface area contributed by atoms with Crippen molar-refractivity contribution in [1.82, 2.24) is 4.98 Å². The molecule has 0 amide bonds. The minimum Gasteiger partial charge on any atom is -0.396 e. The van der Waals surface area contributed by atoms with E-state index in [1.807, 2.05) is 19.1 Å². The summed E-state index contributed by atoms with van der Waals surface area (Å²) in [7, 11) is 0. The van der Waals surface area contributed by atoms with Crippen LogP contribution < -0.4 is 5.73 Å². The molecule has 56 valence electrons. The summed E-state index contributed by atoms with van der Waals surface area (Å²) in [6.07, 6.45) is 2.44. The number of anilines is 1. The van der Waals surface area contributed by atoms with Crippen LogP contribution in [-0.2, 0) is 6.42 Å². The standard InChI is InChI=1S/C8H9N3/c1-2-6-3-4-11-7(5-9)8(6)10/h3-4H,2,10H2,1H3. The maximum absolute atomic E-state index is 8.55. The first-order valence-corrected chi connectivity index (χ1v) is 3.43. The number of hydrogen-bond donors (Lipinski definition) is 1. The predicted molar refractivity (Wildman–Crippen MR) is 42.7 cm³/mol. The Morgan fingerprint density at radius 3 is 3.00 bits per heavy atom. The van der Waals surface area contributed by atoms with E-state index in [-0.39, 0.29) is 0 Å². The largest absolute Gasteiger partial charge is 0.396 e. The van der Waals surface area contributed by atoms with E-state index in [9.17, 15) is 0 Å². The van der Waals surface area contributed by atoms with Crippen molar-refractivity contribution in [2.24, 2.45) is 0 Å². The fourth-order valence-corrected chi connectivity index (χ4v) is 0.911. The molecule has 0 spiro atoms. The Bertz CT molecular complexity index is 299. The van der Waals surface area contributed by atoms with E-state index in [0.717, 1.165) is 12.0 Å². The molecule has 0 radical (unpaired) electrons. The van der Waals surface area contributed by atoms with Gasteiger partial charge in [0.05, 0.1) is 5.69 Å². The van der Waals surface area contributed by atoms with Gasteiger partial charge in [0, 0.05) is 6.20 Å². The Balaban J connectivity index is 3.23. The molecule has 0 aliphatic heterocycles. The summed E-state index contributed by atoms with van der Waals surface area (Å²) in [6, 6.07) is 3.76. The second-order valence-corrected chi connectivity index (χ2v) is 2.20. The number of pyridine rings is 1. The van der Waals surface area contributed by atoms with Crippen molar-refractivity contribution in [2.75, 3.05) is 5.73 Å². The lowest BCUT2D eigenvalue weighted by Gasteiger charge is -2.01. The van der Waals surface area contributed by atoms with Gasteiger partial charge in [0.1, 0.15) is 6.07 Å². The summed E-state index contributed by atoms with van der Waals surface area (Å²) >= 11 is 0. The van der Waals surface area contributed by atoms with Crippen molar-refractivity contribution < 1.29 is 0 Å². The monoisotopic (exact) mass is 147 g/mol. The van der Waals surface area contributed by atoms with Crippen LogP contribution in [0, 0.1) is 11.3 Å². The topological polar surface area (TPSA) is 62.7 Å². The zero-order chi connectivity index (χ0) is 8.27. The van der Waals surface area contributed by atoms with Crippen molar-refractivity contribution in [1.29, 1.82) is 5.26 Å². The van der Waals surface area contributed by atoms with E-state index in [4.69, 9.17) is 11.0 Å². The maximum atomic E-state index is 8.55. The average molecular weight is 147 g/mol. The van der Waals surface area contributed by atoms with Crippen molar-refractivity contribution in [3.8, 4) is 6.07 Å². The fourth-order valence-electron chi connectivity index (χ4n) is 0.911. The zero-order valence-electron chi connectivity index (χ0n) is 6.33. The second-order valence-electron chi connectivity index (χ2n) is 2.20. The first-order valence-electron chi connectivity index (χ1n) is 3.43. The summed E-state index contributed by atoms with van der Waals surface area (Å²) in [4.78, 5) is 3.82. The van der Waals surface area contributed by atoms with Crippen LogP contribution in [-0.4, -0.2) is 4.98 Å². The number of nitriles is 1. The molecule has 0 bridgehead atoms. The summed E-state index contributed by atoms with van der Waals surface area (Å²) in [5.41, 5.74) is 7.44. The van der Waals surface area contributed by atoms with Crippen LogP contribution in [0.4, 0.5) is 5.69 Å². The molecule has 3 heteroatoms. The Kier molecular flexibility index (Phi) is 2.07. The molecule has 1 aromatic rings. The number of nitrogens with zero attached hydrogens (tertiary/aromatic N) is 2. The molecule has 0 aliphatic rings. The van der Waals surface area contributed by atoms with Gasteiger partial charge in [0.25, 0.3) is 0 Å². The molecule has 1 rings (SSSR count). The molecule has 0 aliphatic carbocycles. The van der Waals surface area contributed by atoms with Gasteiger partial charge in [-0.05, 0) is 18.1 Å². The Hall–Kier alpha value is -1.56. The molecular weight excluding hydrogens is 138 g/mol. The Morgan fingerprint density at radius 2 is 2.45 bits per heavy atom. The number of rotatable bonds is 1. The van der Waals surface area contributed by atoms with Crippen molar-refractivity contribution >= 4 is 5.69 Å². The van der Waals surface area contributed by atoms with Gasteiger partial charge in [-0.25, -0.2) is 4.98 Å². The van der Waals surface area contributed by atoms with Gasteiger partial charge in [-0.1, -0.05) is 6.92 Å². The van der Waals surface area contributed by atoms with E-state index < -0.39 is 0 Å². The number of nitrogens with two attached hydrogens (primary N) is 1. The lowest BCUT2D eigenvalue weighted by molar-refractivity contribution is 1.11. The molecule has 2 N–H and O–H groups in total. The van der Waals surface area contributed by atoms with Crippen molar-refractivity contribution in [3.05, 3.63) is 23.5 Å². The Morgan fingerprint density at radius 1 is 1.73 bits per heavy atom. The predicted octanol–water partition coefficient (Wildman–Crippen LogP) is 1.10. The number of hydrogen-bond acceptors (Lipinski definition) is 3. The highest BCUT2D eigenvalue weighted by Gasteiger charge is 2.02. The highest BCUT2D eigenvalue weighted by atomic mass is 14.7. The number of nitrogen functional groups attached to an aromatic ring is 1. The molecule has 1 aromatic heterocycles. The maximum Gasteiger partial charge on any atom is 0.163 e. The minimum absolute atomic E-state index is 0.323. The molecule has 0 atom stereocenters. The normalized spacial score (nSPS) is 9.09. The van der Waals surface area contributed by atoms with Crippen molar-refractivity contribution in [3.63, 3.8) is 0 Å². The van der Waals surface area contributed by atoms with Crippen LogP contribution in [0.1, 0.15) is 18.2 Å². The first kappa shape index (κ1) is 7.55. The molecule has 0 saturated carbocycles. The average Bonchev–Trinajstić information content (AvgIpc) is 2.05. The molecule has 0 fully saturated rings. The second kappa shape index (κ2) is 3.02. The van der Waals surface area contributed by atoms with Gasteiger partial charge in [-0.2, -0.15) is 5.26 Å². The summed E-state index contributed by atoms with van der Waals surface area (Å²) in [5.74, 6) is 0. The molecule has 0 aromatic carbocycles. The molecule has 11 heavy (non-hydrogen) atoms. The summed E-state index contributed by atoms with van der Waals surface area (Å²) in [5, 5.41) is 8.55. The van der Waals surface area contributed by atoms with Crippen LogP contribution in [0.25, 0.3) is 0 Å². The zero-order valence-corrected chi connectivity index (χ0v) is 6.33. The third-order valence-corrected chi connectivity index (χ3v) is 1.57. The van der Waals surface area contributed by atoms with Gasteiger partial charge in [0.2, 0.25) is 0 Å². The van der Waals surface area contributed by atoms with E-state index in [0.29, 0.717) is 11.4 Å². The number of aryl methyl sites for hydroxylation is 1. The quantitative estimate of drug-likeness (QED) is 0.646. The van der Waals surface area contributed by atoms with Gasteiger partial charge in [-0.15, -0.1) is 0 Å². The smallest absolute Gasteiger partial charge is 0.163 e. The lowest BCUT2D eigenvalue weighted by atomic mass is 10.1. The van der Waals surface area contributed by atoms with E-state index in [2.05, 4.69) is 4.98 Å². The third kappa shape index (κ3) is 1.30. The van der Waals surface area contributed by atoms with Crippen LogP contribution >= 0.6 is 0 Å². The van der Waals surface area contributed by atoms with Crippen LogP contribution in [0.3, 0.4) is 0 Å². The van der Waals surface area contributed by atoms with Gasteiger partial charge in [-0.3, -0.25) is 0 Å². The Labute approximate surface area is 65.5 Å². The van der Waals surface area contributed by atoms with E-state index in [1.54, 1.807) is 6.20 Å². The van der Waals surface area contributed by atoms with E-state index >= 15 is 0 Å². The van der Waals surface area contributed by atoms with Gasteiger partial charge in [0.15, 0.2) is 5.69 Å². The highest BCUT2D eigenvalue weighted by Crippen LogP contribution is 2.13. The highest BCUT2D eigenvalue weighted by molar-refractivity contribution is 5.55. The molecule has 0 saturated heterocycles. The van der Waals surface area contributed by atoms with Gasteiger partial charge >= 0.3 is 0 Å². The molecule has 0 unspecified atom stereocenters. The summed E-state index contributed by atoms with van der Waals surface area (Å²) < 4.78 is 0. The third-order valence-electron chi connectivity index (χ3n) is 1.57. The minimum atomic E-state index is 0.323. The van der Waals surface area contributed by atoms with Crippen LogP contribution in [0.2, 0.25) is 0 Å². The molecule has 3 nitrogen and oxygen atoms in total. The first-order chi connectivity index (χ1) is 5.29. The van der Waals surface area contributed by atoms with Crippen LogP contribution in [0.15, 0.2) is 12.3 Å². The van der Waals surface area contributed by atoms with Crippen molar-refractivity contribution in [2.45, 2.75) is 13.3 Å². The molecular formula is C8H9N3. The number of aromatic nitrogens is 1.